The molecule has 0 spiro atoms. The summed E-state index contributed by atoms with van der Waals surface area (Å²) in [6, 6.07) is 0. The Bertz CT molecular complexity index is 120. The molecule has 0 rings (SSSR count). The van der Waals surface area contributed by atoms with Crippen molar-refractivity contribution in [3.05, 3.63) is 0 Å². The molecule has 0 saturated heterocycles. The molecule has 0 aromatic heterocycles. The quantitative estimate of drug-likeness (QED) is 0.669. The van der Waals surface area contributed by atoms with E-state index in [1.807, 2.05) is 0 Å². The molecular weight excluding hydrogens is 312 g/mol. The van der Waals surface area contributed by atoms with E-state index in [9.17, 15) is 19.8 Å². The van der Waals surface area contributed by atoms with Gasteiger partial charge in [-0.2, -0.15) is 0 Å². The van der Waals surface area contributed by atoms with E-state index in [1.165, 1.54) is 0 Å². The second kappa shape index (κ2) is 15.0. The number of aliphatic carboxylic acids is 2. The molecule has 4 nitrogen and oxygen atoms in total. The zero-order chi connectivity index (χ0) is 9.98. The Labute approximate surface area is 119 Å². The fourth-order valence-corrected chi connectivity index (χ4v) is 0.408. The minimum absolute atomic E-state index is 0. The number of rotatable bonds is 4. The molecule has 0 aromatic rings. The van der Waals surface area contributed by atoms with Crippen LogP contribution in [0.2, 0.25) is 0 Å². The minimum atomic E-state index is -0.961. The molecule has 5 heteroatoms. The molecule has 1 radical (unpaired) electrons. The molecule has 0 saturated carbocycles. The Morgan fingerprint density at radius 1 is 0.923 bits per heavy atom. The topological polar surface area (TPSA) is 80.3 Å². The first-order valence-corrected chi connectivity index (χ1v) is 3.94. The van der Waals surface area contributed by atoms with Crippen molar-refractivity contribution in [3.8, 4) is 0 Å². The van der Waals surface area contributed by atoms with Gasteiger partial charge in [-0.25, -0.2) is 0 Å². The van der Waals surface area contributed by atoms with E-state index < -0.39 is 11.9 Å². The van der Waals surface area contributed by atoms with Gasteiger partial charge in [0.05, 0.1) is 0 Å². The molecule has 0 N–H and O–H groups in total. The van der Waals surface area contributed by atoms with E-state index in [0.29, 0.717) is 12.8 Å². The van der Waals surface area contributed by atoms with Gasteiger partial charge in [-0.1, -0.05) is 26.7 Å². The largest absolute Gasteiger partial charge is 2.00 e. The third-order valence-electron chi connectivity index (χ3n) is 0.908. The van der Waals surface area contributed by atoms with Gasteiger partial charge >= 0.3 is 49.4 Å². The molecule has 0 heterocycles. The SMILES string of the molecule is CCCC(=O)[O-].CCCC(=O)[O-].[Eu+2]. The van der Waals surface area contributed by atoms with Crippen LogP contribution in [0.3, 0.4) is 0 Å². The molecule has 0 aliphatic heterocycles. The average Bonchev–Trinajstić information content (AvgIpc) is 1.87. The summed E-state index contributed by atoms with van der Waals surface area (Å²) in [5.41, 5.74) is 0. The van der Waals surface area contributed by atoms with Gasteiger partial charge in [-0.05, 0) is 12.8 Å². The first kappa shape index (κ1) is 19.2. The van der Waals surface area contributed by atoms with Gasteiger partial charge in [0.2, 0.25) is 0 Å². The maximum absolute atomic E-state index is 9.49. The van der Waals surface area contributed by atoms with Crippen LogP contribution in [0, 0.1) is 49.4 Å². The van der Waals surface area contributed by atoms with E-state index in [1.54, 1.807) is 13.8 Å². The Morgan fingerprint density at radius 3 is 1.15 bits per heavy atom. The Balaban J connectivity index is -0.000000143. The van der Waals surface area contributed by atoms with Gasteiger partial charge in [-0.15, -0.1) is 0 Å². The summed E-state index contributed by atoms with van der Waals surface area (Å²) >= 11 is 0. The van der Waals surface area contributed by atoms with Crippen molar-refractivity contribution in [2.75, 3.05) is 0 Å². The smallest absolute Gasteiger partial charge is 0.550 e. The zero-order valence-electron chi connectivity index (χ0n) is 7.84. The third-order valence-corrected chi connectivity index (χ3v) is 0.908. The summed E-state index contributed by atoms with van der Waals surface area (Å²) in [4.78, 5) is 19.0. The van der Waals surface area contributed by atoms with Crippen LogP contribution in [0.4, 0.5) is 0 Å². The van der Waals surface area contributed by atoms with E-state index >= 15 is 0 Å². The molecule has 0 bridgehead atoms. The first-order valence-electron chi connectivity index (χ1n) is 3.94. The summed E-state index contributed by atoms with van der Waals surface area (Å²) in [5, 5.41) is 19.0. The second-order valence-corrected chi connectivity index (χ2v) is 2.24. The van der Waals surface area contributed by atoms with Crippen LogP contribution in [-0.4, -0.2) is 11.9 Å². The van der Waals surface area contributed by atoms with Crippen LogP contribution in [0.1, 0.15) is 39.5 Å². The standard InChI is InChI=1S/2C4H8O2.Eu/c2*1-2-3-4(5)6;/h2*2-3H2,1H3,(H,5,6);/q;;+2/p-2. The van der Waals surface area contributed by atoms with Gasteiger partial charge in [0.25, 0.3) is 0 Å². The van der Waals surface area contributed by atoms with Crippen molar-refractivity contribution >= 4 is 11.9 Å². The number of carbonyl (C=O) groups is 2. The van der Waals surface area contributed by atoms with E-state index in [2.05, 4.69) is 0 Å². The van der Waals surface area contributed by atoms with Gasteiger partial charge in [0.1, 0.15) is 0 Å². The molecule has 0 amide bonds. The molecule has 0 aliphatic carbocycles. The van der Waals surface area contributed by atoms with Crippen LogP contribution in [0.5, 0.6) is 0 Å². The number of carbonyl (C=O) groups excluding carboxylic acids is 2. The molecule has 0 unspecified atom stereocenters. The predicted molar refractivity (Wildman–Crippen MR) is 39.8 cm³/mol. The van der Waals surface area contributed by atoms with Gasteiger partial charge in [0, 0.05) is 11.9 Å². The van der Waals surface area contributed by atoms with Gasteiger partial charge in [-0.3, -0.25) is 0 Å². The predicted octanol–water partition coefficient (Wildman–Crippen LogP) is -0.927. The van der Waals surface area contributed by atoms with Gasteiger partial charge in [0.15, 0.2) is 0 Å². The van der Waals surface area contributed by atoms with Crippen LogP contribution in [-0.2, 0) is 9.59 Å². The van der Waals surface area contributed by atoms with Crippen molar-refractivity contribution < 1.29 is 69.2 Å². The molecule has 0 fully saturated rings. The van der Waals surface area contributed by atoms with Crippen LogP contribution in [0.25, 0.3) is 0 Å². The fourth-order valence-electron chi connectivity index (χ4n) is 0.408. The summed E-state index contributed by atoms with van der Waals surface area (Å²) in [5.74, 6) is -1.92. The molecular formula is C8H14EuO4. The maximum atomic E-state index is 9.49. The third kappa shape index (κ3) is 32.6. The maximum Gasteiger partial charge on any atom is 2.00 e. The van der Waals surface area contributed by atoms with E-state index in [0.717, 1.165) is 0 Å². The zero-order valence-corrected chi connectivity index (χ0v) is 10.3. The first-order chi connectivity index (χ1) is 5.54. The second-order valence-electron chi connectivity index (χ2n) is 2.24. The van der Waals surface area contributed by atoms with E-state index in [-0.39, 0.29) is 62.2 Å². The molecule has 0 aliphatic rings. The summed E-state index contributed by atoms with van der Waals surface area (Å²) < 4.78 is 0. The van der Waals surface area contributed by atoms with Gasteiger partial charge < -0.3 is 19.8 Å². The van der Waals surface area contributed by atoms with Crippen LogP contribution < -0.4 is 10.2 Å². The van der Waals surface area contributed by atoms with Crippen LogP contribution >= 0.6 is 0 Å². The van der Waals surface area contributed by atoms with Crippen molar-refractivity contribution in [3.63, 3.8) is 0 Å². The fraction of sp³-hybridized carbons (Fsp3) is 0.750. The number of carboxylic acids is 2. The number of carboxylic acid groups (broad SMARTS) is 2. The monoisotopic (exact) mass is 327 g/mol. The molecule has 0 atom stereocenters. The van der Waals surface area contributed by atoms with Crippen LogP contribution in [0.15, 0.2) is 0 Å². The average molecular weight is 326 g/mol. The summed E-state index contributed by atoms with van der Waals surface area (Å²) in [6.45, 7) is 3.60. The summed E-state index contributed by atoms with van der Waals surface area (Å²) in [6.07, 6.45) is 1.70. The molecule has 0 aromatic carbocycles. The van der Waals surface area contributed by atoms with Crippen molar-refractivity contribution in [1.82, 2.24) is 0 Å². The minimum Gasteiger partial charge on any atom is -0.550 e. The number of hydrogen-bond acceptors (Lipinski definition) is 4. The summed E-state index contributed by atoms with van der Waals surface area (Å²) in [7, 11) is 0. The Hall–Kier alpha value is 0.524. The molecule has 13 heavy (non-hydrogen) atoms. The van der Waals surface area contributed by atoms with E-state index in [4.69, 9.17) is 0 Å². The normalized spacial score (nSPS) is 7.54. The Kier molecular flexibility index (Phi) is 22.1. The van der Waals surface area contributed by atoms with Crippen molar-refractivity contribution in [2.24, 2.45) is 0 Å². The molecule has 77 valence electrons. The van der Waals surface area contributed by atoms with Crippen molar-refractivity contribution in [2.45, 2.75) is 39.5 Å². The Morgan fingerprint density at radius 2 is 1.15 bits per heavy atom. The number of hydrogen-bond donors (Lipinski definition) is 0. The van der Waals surface area contributed by atoms with Crippen molar-refractivity contribution in [1.29, 1.82) is 0 Å².